The van der Waals surface area contributed by atoms with Gasteiger partial charge in [0, 0.05) is 33.8 Å². The first-order chi connectivity index (χ1) is 12.3. The highest BCUT2D eigenvalue weighted by molar-refractivity contribution is 7.99. The Hall–Kier alpha value is -1.54. The molecule has 0 spiro atoms. The van der Waals surface area contributed by atoms with Crippen molar-refractivity contribution in [2.75, 3.05) is 11.1 Å². The number of sulfonamides is 1. The minimum absolute atomic E-state index is 0.123. The van der Waals surface area contributed by atoms with E-state index in [9.17, 15) is 13.2 Å². The van der Waals surface area contributed by atoms with Crippen LogP contribution in [0.15, 0.2) is 58.3 Å². The van der Waals surface area contributed by atoms with Gasteiger partial charge in [-0.2, -0.15) is 0 Å². The molecule has 2 aromatic carbocycles. The van der Waals surface area contributed by atoms with Gasteiger partial charge in [0.05, 0.1) is 4.90 Å². The summed E-state index contributed by atoms with van der Waals surface area (Å²) in [6.45, 7) is 3.52. The lowest BCUT2D eigenvalue weighted by molar-refractivity contribution is -0.115. The molecule has 2 aromatic rings. The van der Waals surface area contributed by atoms with Gasteiger partial charge in [-0.15, -0.1) is 11.8 Å². The van der Waals surface area contributed by atoms with Crippen LogP contribution in [0.5, 0.6) is 0 Å². The SMILES string of the molecule is CC(C)NS(=O)(=O)c1ccc(NC(=O)CCSc2ccc(Cl)cc2)cc1. The zero-order valence-electron chi connectivity index (χ0n) is 14.5. The molecule has 0 saturated heterocycles. The van der Waals surface area contributed by atoms with Crippen LogP contribution in [-0.2, 0) is 14.8 Å². The Balaban J connectivity index is 1.84. The van der Waals surface area contributed by atoms with Gasteiger partial charge in [0.1, 0.15) is 0 Å². The third-order valence-electron chi connectivity index (χ3n) is 3.25. The molecule has 0 aromatic heterocycles. The molecule has 0 bridgehead atoms. The predicted molar refractivity (Wildman–Crippen MR) is 107 cm³/mol. The fourth-order valence-electron chi connectivity index (χ4n) is 2.11. The highest BCUT2D eigenvalue weighted by atomic mass is 35.5. The Labute approximate surface area is 163 Å². The maximum absolute atomic E-state index is 12.1. The van der Waals surface area contributed by atoms with Crippen molar-refractivity contribution in [3.05, 3.63) is 53.6 Å². The first-order valence-electron chi connectivity index (χ1n) is 8.07. The fraction of sp³-hybridized carbons (Fsp3) is 0.278. The average Bonchev–Trinajstić information content (AvgIpc) is 2.56. The summed E-state index contributed by atoms with van der Waals surface area (Å²) in [7, 11) is -3.53. The van der Waals surface area contributed by atoms with E-state index in [2.05, 4.69) is 10.0 Å². The largest absolute Gasteiger partial charge is 0.326 e. The molecule has 0 saturated carbocycles. The highest BCUT2D eigenvalue weighted by Gasteiger charge is 2.15. The quantitative estimate of drug-likeness (QED) is 0.638. The molecule has 2 N–H and O–H groups in total. The number of rotatable bonds is 8. The molecular weight excluding hydrogens is 392 g/mol. The number of thioether (sulfide) groups is 1. The summed E-state index contributed by atoms with van der Waals surface area (Å²) >= 11 is 7.41. The number of hydrogen-bond donors (Lipinski definition) is 2. The lowest BCUT2D eigenvalue weighted by atomic mass is 10.3. The Morgan fingerprint density at radius 2 is 1.69 bits per heavy atom. The van der Waals surface area contributed by atoms with Crippen LogP contribution < -0.4 is 10.0 Å². The van der Waals surface area contributed by atoms with Crippen molar-refractivity contribution in [2.24, 2.45) is 0 Å². The van der Waals surface area contributed by atoms with Crippen molar-refractivity contribution in [3.8, 4) is 0 Å². The van der Waals surface area contributed by atoms with Crippen LogP contribution in [0.2, 0.25) is 5.02 Å². The number of carbonyl (C=O) groups is 1. The average molecular weight is 413 g/mol. The van der Waals surface area contributed by atoms with Gasteiger partial charge in [0.2, 0.25) is 15.9 Å². The molecule has 0 heterocycles. The van der Waals surface area contributed by atoms with E-state index >= 15 is 0 Å². The van der Waals surface area contributed by atoms with Gasteiger partial charge in [-0.25, -0.2) is 13.1 Å². The molecule has 5 nitrogen and oxygen atoms in total. The molecule has 0 fully saturated rings. The molecule has 0 unspecified atom stereocenters. The van der Waals surface area contributed by atoms with Gasteiger partial charge in [-0.05, 0) is 62.4 Å². The number of nitrogens with one attached hydrogen (secondary N) is 2. The Morgan fingerprint density at radius 1 is 1.08 bits per heavy atom. The van der Waals surface area contributed by atoms with E-state index in [-0.39, 0.29) is 16.8 Å². The minimum atomic E-state index is -3.53. The van der Waals surface area contributed by atoms with Crippen LogP contribution in [0.1, 0.15) is 20.3 Å². The molecule has 0 atom stereocenters. The van der Waals surface area contributed by atoms with Gasteiger partial charge in [0.15, 0.2) is 0 Å². The van der Waals surface area contributed by atoms with Crippen LogP contribution in [0.3, 0.4) is 0 Å². The second-order valence-electron chi connectivity index (χ2n) is 5.90. The van der Waals surface area contributed by atoms with Gasteiger partial charge in [-0.3, -0.25) is 4.79 Å². The molecule has 26 heavy (non-hydrogen) atoms. The molecule has 8 heteroatoms. The van der Waals surface area contributed by atoms with Crippen molar-refractivity contribution in [1.82, 2.24) is 4.72 Å². The summed E-state index contributed by atoms with van der Waals surface area (Å²) < 4.78 is 26.6. The molecular formula is C18H21ClN2O3S2. The fourth-order valence-corrected chi connectivity index (χ4v) is 4.34. The molecule has 2 rings (SSSR count). The smallest absolute Gasteiger partial charge is 0.240 e. The number of hydrogen-bond acceptors (Lipinski definition) is 4. The van der Waals surface area contributed by atoms with Crippen LogP contribution in [0.25, 0.3) is 0 Å². The summed E-state index contributed by atoms with van der Waals surface area (Å²) in [6, 6.07) is 13.4. The van der Waals surface area contributed by atoms with Gasteiger partial charge >= 0.3 is 0 Å². The summed E-state index contributed by atoms with van der Waals surface area (Å²) in [5, 5.41) is 3.45. The van der Waals surface area contributed by atoms with E-state index in [4.69, 9.17) is 11.6 Å². The van der Waals surface area contributed by atoms with Crippen molar-refractivity contribution in [2.45, 2.75) is 36.1 Å². The Kier molecular flexibility index (Phi) is 7.52. The second kappa shape index (κ2) is 9.41. The van der Waals surface area contributed by atoms with E-state index in [1.165, 1.54) is 12.1 Å². The van der Waals surface area contributed by atoms with Crippen molar-refractivity contribution in [3.63, 3.8) is 0 Å². The van der Waals surface area contributed by atoms with E-state index in [0.717, 1.165) is 4.90 Å². The number of benzene rings is 2. The number of halogens is 1. The van der Waals surface area contributed by atoms with E-state index in [1.54, 1.807) is 37.7 Å². The first kappa shape index (κ1) is 20.8. The number of carbonyl (C=O) groups excluding carboxylic acids is 1. The summed E-state index contributed by atoms with van der Waals surface area (Å²) in [4.78, 5) is 13.2. The second-order valence-corrected chi connectivity index (χ2v) is 9.22. The van der Waals surface area contributed by atoms with Crippen LogP contribution >= 0.6 is 23.4 Å². The normalized spacial score (nSPS) is 11.5. The first-order valence-corrected chi connectivity index (χ1v) is 10.9. The molecule has 140 valence electrons. The third kappa shape index (κ3) is 6.64. The zero-order valence-corrected chi connectivity index (χ0v) is 16.9. The predicted octanol–water partition coefficient (Wildman–Crippen LogP) is 4.15. The molecule has 0 aliphatic heterocycles. The molecule has 1 amide bonds. The lowest BCUT2D eigenvalue weighted by Gasteiger charge is -2.10. The Morgan fingerprint density at radius 3 is 2.27 bits per heavy atom. The molecule has 0 radical (unpaired) electrons. The van der Waals surface area contributed by atoms with Gasteiger partial charge < -0.3 is 5.32 Å². The highest BCUT2D eigenvalue weighted by Crippen LogP contribution is 2.21. The molecule has 0 aliphatic rings. The van der Waals surface area contributed by atoms with Crippen LogP contribution in [0, 0.1) is 0 Å². The van der Waals surface area contributed by atoms with Gasteiger partial charge in [0.25, 0.3) is 0 Å². The zero-order chi connectivity index (χ0) is 19.2. The van der Waals surface area contributed by atoms with E-state index < -0.39 is 10.0 Å². The lowest BCUT2D eigenvalue weighted by Crippen LogP contribution is -2.30. The van der Waals surface area contributed by atoms with E-state index in [0.29, 0.717) is 22.9 Å². The number of anilines is 1. The standard InChI is InChI=1S/C18H21ClN2O3S2/c1-13(2)21-26(23,24)17-9-5-15(6-10-17)20-18(22)11-12-25-16-7-3-14(19)4-8-16/h3-10,13,21H,11-12H2,1-2H3,(H,20,22). The van der Waals surface area contributed by atoms with Crippen molar-refractivity contribution >= 4 is 45.0 Å². The molecule has 0 aliphatic carbocycles. The maximum Gasteiger partial charge on any atom is 0.240 e. The monoisotopic (exact) mass is 412 g/mol. The van der Waals surface area contributed by atoms with Crippen molar-refractivity contribution < 1.29 is 13.2 Å². The van der Waals surface area contributed by atoms with Crippen LogP contribution in [-0.4, -0.2) is 26.1 Å². The number of amides is 1. The summed E-state index contributed by atoms with van der Waals surface area (Å²) in [5.74, 6) is 0.514. The van der Waals surface area contributed by atoms with Gasteiger partial charge in [-0.1, -0.05) is 11.6 Å². The van der Waals surface area contributed by atoms with Crippen molar-refractivity contribution in [1.29, 1.82) is 0 Å². The summed E-state index contributed by atoms with van der Waals surface area (Å²) in [5.41, 5.74) is 0.565. The summed E-state index contributed by atoms with van der Waals surface area (Å²) in [6.07, 6.45) is 0.349. The van der Waals surface area contributed by atoms with E-state index in [1.807, 2.05) is 24.3 Å². The minimum Gasteiger partial charge on any atom is -0.326 e. The Bertz CT molecular complexity index is 836. The topological polar surface area (TPSA) is 75.3 Å². The maximum atomic E-state index is 12.1. The third-order valence-corrected chi connectivity index (χ3v) is 6.19. The van der Waals surface area contributed by atoms with Crippen LogP contribution in [0.4, 0.5) is 5.69 Å².